The van der Waals surface area contributed by atoms with Gasteiger partial charge in [0.1, 0.15) is 11.1 Å². The summed E-state index contributed by atoms with van der Waals surface area (Å²) in [6.45, 7) is 8.36. The molecule has 6 heterocycles. The molecule has 0 aliphatic carbocycles. The predicted molar refractivity (Wildman–Crippen MR) is 154 cm³/mol. The molecule has 1 spiro atoms. The van der Waals surface area contributed by atoms with Gasteiger partial charge < -0.3 is 19.2 Å². The topological polar surface area (TPSA) is 87.2 Å². The number of aliphatic hydroxyl groups is 1. The van der Waals surface area contributed by atoms with Crippen LogP contribution in [0.2, 0.25) is 0 Å². The van der Waals surface area contributed by atoms with Gasteiger partial charge >= 0.3 is 6.18 Å². The Kier molecular flexibility index (Phi) is 7.44. The highest BCUT2D eigenvalue weighted by atomic mass is 19.4. The molecule has 42 heavy (non-hydrogen) atoms. The van der Waals surface area contributed by atoms with Gasteiger partial charge in [0.15, 0.2) is 17.6 Å². The Hall–Kier alpha value is -3.20. The number of ether oxygens (including phenoxy) is 1. The number of furan rings is 1. The number of rotatable bonds is 2. The van der Waals surface area contributed by atoms with Crippen molar-refractivity contribution in [1.82, 2.24) is 14.9 Å². The van der Waals surface area contributed by atoms with Gasteiger partial charge in [0.05, 0.1) is 24.7 Å². The minimum absolute atomic E-state index is 0.0221. The molecule has 0 amide bonds. The molecule has 3 unspecified atom stereocenters. The summed E-state index contributed by atoms with van der Waals surface area (Å²) in [6, 6.07) is 7.40. The highest BCUT2D eigenvalue weighted by Gasteiger charge is 2.51. The second-order valence-electron chi connectivity index (χ2n) is 12.2. The van der Waals surface area contributed by atoms with Gasteiger partial charge in [-0.1, -0.05) is 18.1 Å². The van der Waals surface area contributed by atoms with Gasteiger partial charge in [-0.2, -0.15) is 13.2 Å². The van der Waals surface area contributed by atoms with E-state index in [4.69, 9.17) is 15.6 Å². The summed E-state index contributed by atoms with van der Waals surface area (Å²) in [6.07, 6.45) is 7.17. The van der Waals surface area contributed by atoms with Gasteiger partial charge in [0.2, 0.25) is 5.82 Å². The summed E-state index contributed by atoms with van der Waals surface area (Å²) in [7, 11) is 0. The second-order valence-corrected chi connectivity index (χ2v) is 12.2. The number of anilines is 1. The number of piperidine rings is 1. The Morgan fingerprint density at radius 3 is 2.50 bits per heavy atom. The molecule has 7 rings (SSSR count). The van der Waals surface area contributed by atoms with Crippen LogP contribution in [0.25, 0.3) is 22.1 Å². The van der Waals surface area contributed by atoms with Gasteiger partial charge in [-0.25, -0.2) is 9.97 Å². The van der Waals surface area contributed by atoms with Gasteiger partial charge in [0.25, 0.3) is 0 Å². The molecule has 3 saturated heterocycles. The summed E-state index contributed by atoms with van der Waals surface area (Å²) in [5, 5.41) is 10.9. The standard InChI is InChI=1S/C16H24N2O2.C15H12F3N3O/c1-4-15(3)8-13(14(19)17-9-15)18-7-5-6-16(12(18)2)10-20-11-16;16-15(17,18)14-19-11-9-5-1-2-6-10(9)22-12(11)13(20-14)21-7-3-4-8-21/h1,9,12-14,19H,5-8,10-11H2,2-3H3;1-2,5-6H,3-4,7-8H2/t12-,13?,14?,15?;/m0./s1. The lowest BCUT2D eigenvalue weighted by molar-refractivity contribution is -0.183. The van der Waals surface area contributed by atoms with E-state index < -0.39 is 18.2 Å². The van der Waals surface area contributed by atoms with E-state index in [1.165, 1.54) is 6.42 Å². The number of benzene rings is 1. The van der Waals surface area contributed by atoms with E-state index in [-0.39, 0.29) is 28.2 Å². The maximum atomic E-state index is 13.1. The molecular formula is C31H36F3N5O3. The van der Waals surface area contributed by atoms with Crippen molar-refractivity contribution in [1.29, 1.82) is 0 Å². The van der Waals surface area contributed by atoms with Crippen molar-refractivity contribution in [2.75, 3.05) is 37.7 Å². The van der Waals surface area contributed by atoms with E-state index in [0.29, 0.717) is 35.7 Å². The second kappa shape index (κ2) is 10.8. The maximum absolute atomic E-state index is 13.1. The minimum Gasteiger partial charge on any atom is -0.450 e. The number of aliphatic imine (C=N–C) groups is 1. The molecule has 0 bridgehead atoms. The van der Waals surface area contributed by atoms with E-state index in [2.05, 4.69) is 32.7 Å². The minimum atomic E-state index is -4.58. The van der Waals surface area contributed by atoms with Crippen molar-refractivity contribution in [3.8, 4) is 12.3 Å². The lowest BCUT2D eigenvalue weighted by Crippen LogP contribution is -2.64. The first-order valence-corrected chi connectivity index (χ1v) is 14.6. The number of nitrogens with zero attached hydrogens (tertiary/aromatic N) is 5. The van der Waals surface area contributed by atoms with Crippen LogP contribution in [-0.2, 0) is 10.9 Å². The Labute approximate surface area is 242 Å². The zero-order valence-electron chi connectivity index (χ0n) is 23.9. The molecule has 1 N–H and O–H groups in total. The molecule has 1 aromatic carbocycles. The average molecular weight is 584 g/mol. The van der Waals surface area contributed by atoms with Gasteiger partial charge in [-0.15, -0.1) is 6.42 Å². The maximum Gasteiger partial charge on any atom is 0.451 e. The fourth-order valence-corrected chi connectivity index (χ4v) is 6.73. The van der Waals surface area contributed by atoms with Crippen LogP contribution >= 0.6 is 0 Å². The number of halogens is 3. The first kappa shape index (κ1) is 28.9. The zero-order chi connectivity index (χ0) is 29.7. The summed E-state index contributed by atoms with van der Waals surface area (Å²) in [5.41, 5.74) is 1.01. The van der Waals surface area contributed by atoms with Crippen molar-refractivity contribution >= 4 is 34.1 Å². The largest absolute Gasteiger partial charge is 0.451 e. The van der Waals surface area contributed by atoms with E-state index >= 15 is 0 Å². The average Bonchev–Trinajstić information content (AvgIpc) is 3.62. The number of fused-ring (bicyclic) bond motifs is 3. The number of hydrogen-bond acceptors (Lipinski definition) is 8. The van der Waals surface area contributed by atoms with E-state index in [9.17, 15) is 18.3 Å². The highest BCUT2D eigenvalue weighted by molar-refractivity contribution is 6.05. The van der Waals surface area contributed by atoms with Gasteiger partial charge in [-0.05, 0) is 64.6 Å². The Morgan fingerprint density at radius 1 is 1.10 bits per heavy atom. The van der Waals surface area contributed by atoms with Crippen molar-refractivity contribution in [3.63, 3.8) is 0 Å². The Morgan fingerprint density at radius 2 is 1.83 bits per heavy atom. The first-order valence-electron chi connectivity index (χ1n) is 14.6. The van der Waals surface area contributed by atoms with Gasteiger partial charge in [-0.3, -0.25) is 9.89 Å². The normalized spacial score (nSPS) is 29.4. The van der Waals surface area contributed by atoms with Crippen LogP contribution in [0.5, 0.6) is 0 Å². The lowest BCUT2D eigenvalue weighted by atomic mass is 9.70. The highest BCUT2D eigenvalue weighted by Crippen LogP contribution is 2.44. The SMILES string of the molecule is C#CC1(C)C=NC(O)C(N2CCCC3(COC3)[C@@H]2C)C1.FC(F)(F)c1nc(N2CCCC2)c2oc3ccccc3c2n1. The van der Waals surface area contributed by atoms with E-state index in [1.54, 1.807) is 30.5 Å². The Balaban J connectivity index is 0.000000151. The van der Waals surface area contributed by atoms with Crippen LogP contribution in [-0.4, -0.2) is 77.3 Å². The predicted octanol–water partition coefficient (Wildman–Crippen LogP) is 5.28. The number of alkyl halides is 3. The molecule has 0 radical (unpaired) electrons. The summed E-state index contributed by atoms with van der Waals surface area (Å²) < 4.78 is 50.5. The van der Waals surface area contributed by atoms with E-state index in [0.717, 1.165) is 45.4 Å². The van der Waals surface area contributed by atoms with Crippen molar-refractivity contribution in [2.45, 2.75) is 70.4 Å². The molecule has 3 aromatic rings. The molecule has 4 aliphatic rings. The molecule has 4 aliphatic heterocycles. The monoisotopic (exact) mass is 583 g/mol. The summed E-state index contributed by atoms with van der Waals surface area (Å²) in [5.74, 6) is 1.95. The molecule has 0 saturated carbocycles. The zero-order valence-corrected chi connectivity index (χ0v) is 23.9. The molecule has 3 fully saturated rings. The molecule has 11 heteroatoms. The quantitative estimate of drug-likeness (QED) is 0.411. The van der Waals surface area contributed by atoms with Crippen molar-refractivity contribution in [3.05, 3.63) is 30.1 Å². The third-order valence-electron chi connectivity index (χ3n) is 9.36. The summed E-state index contributed by atoms with van der Waals surface area (Å²) in [4.78, 5) is 16.0. The van der Waals surface area contributed by atoms with Crippen molar-refractivity contribution in [2.24, 2.45) is 15.8 Å². The lowest BCUT2D eigenvalue weighted by Gasteiger charge is -2.56. The van der Waals surface area contributed by atoms with Crippen LogP contribution in [0.15, 0.2) is 33.7 Å². The van der Waals surface area contributed by atoms with Crippen LogP contribution in [0.4, 0.5) is 19.0 Å². The van der Waals surface area contributed by atoms with Gasteiger partial charge in [0, 0.05) is 36.1 Å². The molecule has 8 nitrogen and oxygen atoms in total. The third kappa shape index (κ3) is 5.14. The number of hydrogen-bond donors (Lipinski definition) is 1. The third-order valence-corrected chi connectivity index (χ3v) is 9.36. The van der Waals surface area contributed by atoms with Crippen molar-refractivity contribution < 1.29 is 27.4 Å². The summed E-state index contributed by atoms with van der Waals surface area (Å²) >= 11 is 0. The first-order chi connectivity index (χ1) is 20.0. The number of terminal acetylenes is 1. The number of para-hydroxylation sites is 1. The number of aromatic nitrogens is 2. The molecular weight excluding hydrogens is 547 g/mol. The fraction of sp³-hybridized carbons (Fsp3) is 0.581. The molecule has 4 atom stereocenters. The molecule has 2 aromatic heterocycles. The smallest absolute Gasteiger partial charge is 0.450 e. The molecule has 224 valence electrons. The fourth-order valence-electron chi connectivity index (χ4n) is 6.73. The van der Waals surface area contributed by atoms with Crippen LogP contribution in [0.3, 0.4) is 0 Å². The van der Waals surface area contributed by atoms with Crippen LogP contribution in [0.1, 0.15) is 51.8 Å². The number of likely N-dealkylation sites (tertiary alicyclic amines) is 1. The van der Waals surface area contributed by atoms with E-state index in [1.807, 2.05) is 11.8 Å². The van der Waals surface area contributed by atoms with Crippen LogP contribution in [0, 0.1) is 23.2 Å². The Bertz CT molecular complexity index is 1520. The van der Waals surface area contributed by atoms with Crippen LogP contribution < -0.4 is 4.90 Å². The number of aliphatic hydroxyl groups excluding tert-OH is 1.